The number of ether oxygens (including phenoxy) is 1. The second-order valence-electron chi connectivity index (χ2n) is 9.99. The first-order valence-electron chi connectivity index (χ1n) is 13.2. The third kappa shape index (κ3) is 5.47. The van der Waals surface area contributed by atoms with Gasteiger partial charge in [-0.15, -0.1) is 0 Å². The zero-order valence-electron chi connectivity index (χ0n) is 22.2. The quantitative estimate of drug-likeness (QED) is 0.333. The Hall–Kier alpha value is -4.28. The summed E-state index contributed by atoms with van der Waals surface area (Å²) in [7, 11) is 2.15. The molecule has 0 aliphatic carbocycles. The van der Waals surface area contributed by atoms with E-state index in [1.54, 1.807) is 16.8 Å². The van der Waals surface area contributed by atoms with Gasteiger partial charge in [-0.2, -0.15) is 5.10 Å². The number of nitrogens with one attached hydrogen (secondary N) is 1. The molecular weight excluding hydrogens is 492 g/mol. The number of aryl methyl sites for hydroxylation is 1. The van der Waals surface area contributed by atoms with Gasteiger partial charge < -0.3 is 15.0 Å². The van der Waals surface area contributed by atoms with Crippen molar-refractivity contribution in [1.82, 2.24) is 33.9 Å². The normalized spacial score (nSPS) is 14.7. The third-order valence-electron chi connectivity index (χ3n) is 7.18. The van der Waals surface area contributed by atoms with E-state index in [2.05, 4.69) is 37.2 Å². The third-order valence-corrected chi connectivity index (χ3v) is 7.18. The molecule has 0 bridgehead atoms. The van der Waals surface area contributed by atoms with Crippen LogP contribution in [-0.2, 0) is 6.54 Å². The molecule has 0 radical (unpaired) electrons. The molecule has 10 nitrogen and oxygen atoms in total. The molecule has 1 N–H and O–H groups in total. The number of likely N-dealkylation sites (N-methyl/N-ethyl adjacent to an activating group) is 1. The lowest BCUT2D eigenvalue weighted by molar-refractivity contribution is 0.102. The van der Waals surface area contributed by atoms with Gasteiger partial charge in [0.25, 0.3) is 5.91 Å². The number of nitrogens with zero attached hydrogens (tertiary/aromatic N) is 7. The molecule has 200 valence electrons. The summed E-state index contributed by atoms with van der Waals surface area (Å²) in [5.74, 6) is 0.501. The molecule has 0 unspecified atom stereocenters. The maximum atomic E-state index is 13.3. The van der Waals surface area contributed by atoms with E-state index in [0.29, 0.717) is 30.2 Å². The van der Waals surface area contributed by atoms with E-state index >= 15 is 0 Å². The molecule has 1 saturated heterocycles. The minimum absolute atomic E-state index is 0.244. The molecule has 5 heterocycles. The lowest BCUT2D eigenvalue weighted by Gasteiger charge is -2.32. The van der Waals surface area contributed by atoms with E-state index in [1.807, 2.05) is 66.3 Å². The molecule has 4 aromatic heterocycles. The number of piperazine rings is 1. The molecule has 1 aliphatic rings. The van der Waals surface area contributed by atoms with Gasteiger partial charge in [0.05, 0.1) is 35.8 Å². The number of carbonyl (C=O) groups is 1. The summed E-state index contributed by atoms with van der Waals surface area (Å²) in [6.45, 7) is 8.35. The van der Waals surface area contributed by atoms with Crippen molar-refractivity contribution in [2.24, 2.45) is 0 Å². The maximum Gasteiger partial charge on any atom is 0.274 e. The number of anilines is 1. The number of imidazole rings is 1. The van der Waals surface area contributed by atoms with E-state index in [1.165, 1.54) is 0 Å². The smallest absolute Gasteiger partial charge is 0.274 e. The van der Waals surface area contributed by atoms with Crippen molar-refractivity contribution in [2.75, 3.05) is 51.7 Å². The first-order valence-corrected chi connectivity index (χ1v) is 13.2. The van der Waals surface area contributed by atoms with Gasteiger partial charge in [-0.1, -0.05) is 12.1 Å². The van der Waals surface area contributed by atoms with Crippen LogP contribution in [0.25, 0.3) is 16.6 Å². The average molecular weight is 525 g/mol. The van der Waals surface area contributed by atoms with Crippen molar-refractivity contribution in [3.63, 3.8) is 0 Å². The number of fused-ring (bicyclic) bond motifs is 2. The summed E-state index contributed by atoms with van der Waals surface area (Å²) in [6.07, 6.45) is 5.20. The Balaban J connectivity index is 1.13. The van der Waals surface area contributed by atoms with Crippen LogP contribution in [-0.4, -0.2) is 86.2 Å². The average Bonchev–Trinajstić information content (AvgIpc) is 3.55. The Morgan fingerprint density at radius 3 is 2.74 bits per heavy atom. The van der Waals surface area contributed by atoms with Crippen LogP contribution in [0.3, 0.4) is 0 Å². The van der Waals surface area contributed by atoms with Gasteiger partial charge >= 0.3 is 0 Å². The second kappa shape index (κ2) is 10.8. The van der Waals surface area contributed by atoms with E-state index in [0.717, 1.165) is 60.8 Å². The molecular formula is C29H32N8O2. The lowest BCUT2D eigenvalue weighted by atomic mass is 10.2. The van der Waals surface area contributed by atoms with Crippen LogP contribution in [0.2, 0.25) is 0 Å². The summed E-state index contributed by atoms with van der Waals surface area (Å²) in [4.78, 5) is 27.1. The topological polar surface area (TPSA) is 92.8 Å². The van der Waals surface area contributed by atoms with Gasteiger partial charge in [0.15, 0.2) is 0 Å². The highest BCUT2D eigenvalue weighted by atomic mass is 16.5. The summed E-state index contributed by atoms with van der Waals surface area (Å²) in [5.41, 5.74) is 4.63. The molecule has 6 rings (SSSR count). The Morgan fingerprint density at radius 2 is 1.90 bits per heavy atom. The first kappa shape index (κ1) is 25.0. The fourth-order valence-corrected chi connectivity index (χ4v) is 4.95. The van der Waals surface area contributed by atoms with Crippen molar-refractivity contribution in [2.45, 2.75) is 13.5 Å². The molecule has 1 fully saturated rings. The monoisotopic (exact) mass is 524 g/mol. The standard InChI is InChI=1S/C29H32N8O2/c1-21-5-3-6-22(32-21)20-37-26-8-4-7-25(24(26)18-31-37)33-29(38)27-19-30-28-17-23(9-10-36(27)28)39-16-15-35-13-11-34(2)12-14-35/h3-10,17-19H,11-16,20H2,1-2H3,(H,33,38). The predicted molar refractivity (Wildman–Crippen MR) is 150 cm³/mol. The van der Waals surface area contributed by atoms with Crippen LogP contribution in [0.1, 0.15) is 21.9 Å². The lowest BCUT2D eigenvalue weighted by Crippen LogP contribution is -2.45. The zero-order chi connectivity index (χ0) is 26.8. The van der Waals surface area contributed by atoms with Crippen molar-refractivity contribution in [3.8, 4) is 5.75 Å². The molecule has 10 heteroatoms. The van der Waals surface area contributed by atoms with E-state index in [9.17, 15) is 4.79 Å². The Morgan fingerprint density at radius 1 is 1.05 bits per heavy atom. The van der Waals surface area contributed by atoms with Crippen LogP contribution in [0.4, 0.5) is 5.69 Å². The van der Waals surface area contributed by atoms with Crippen molar-refractivity contribution in [1.29, 1.82) is 0 Å². The number of benzene rings is 1. The van der Waals surface area contributed by atoms with Crippen LogP contribution in [0.15, 0.2) is 67.1 Å². The molecule has 1 aromatic carbocycles. The van der Waals surface area contributed by atoms with Gasteiger partial charge in [-0.25, -0.2) is 4.98 Å². The van der Waals surface area contributed by atoms with E-state index in [-0.39, 0.29) is 5.91 Å². The molecule has 5 aromatic rings. The highest BCUT2D eigenvalue weighted by Gasteiger charge is 2.17. The highest BCUT2D eigenvalue weighted by Crippen LogP contribution is 2.25. The Bertz CT molecular complexity index is 1620. The van der Waals surface area contributed by atoms with Crippen LogP contribution in [0, 0.1) is 6.92 Å². The van der Waals surface area contributed by atoms with Crippen LogP contribution in [0.5, 0.6) is 5.75 Å². The van der Waals surface area contributed by atoms with Gasteiger partial charge in [0.2, 0.25) is 0 Å². The van der Waals surface area contributed by atoms with Crippen molar-refractivity contribution >= 4 is 28.1 Å². The first-order chi connectivity index (χ1) is 19.0. The fraction of sp³-hybridized carbons (Fsp3) is 0.310. The number of pyridine rings is 2. The fourth-order valence-electron chi connectivity index (χ4n) is 4.95. The number of amides is 1. The molecule has 1 amide bonds. The summed E-state index contributed by atoms with van der Waals surface area (Å²) in [6, 6.07) is 15.5. The summed E-state index contributed by atoms with van der Waals surface area (Å²) >= 11 is 0. The maximum absolute atomic E-state index is 13.3. The Kier molecular flexibility index (Phi) is 6.95. The number of rotatable bonds is 8. The second-order valence-corrected chi connectivity index (χ2v) is 9.99. The largest absolute Gasteiger partial charge is 0.492 e. The Labute approximate surface area is 226 Å². The summed E-state index contributed by atoms with van der Waals surface area (Å²) < 4.78 is 9.65. The van der Waals surface area contributed by atoms with Gasteiger partial charge in [0.1, 0.15) is 23.7 Å². The van der Waals surface area contributed by atoms with Gasteiger partial charge in [0, 0.05) is 56.1 Å². The van der Waals surface area contributed by atoms with Crippen molar-refractivity contribution < 1.29 is 9.53 Å². The summed E-state index contributed by atoms with van der Waals surface area (Å²) in [5, 5.41) is 8.47. The molecule has 0 spiro atoms. The molecule has 39 heavy (non-hydrogen) atoms. The molecule has 0 saturated carbocycles. The van der Waals surface area contributed by atoms with Crippen molar-refractivity contribution in [3.05, 3.63) is 84.2 Å². The van der Waals surface area contributed by atoms with Crippen LogP contribution >= 0.6 is 0 Å². The number of hydrogen-bond donors (Lipinski definition) is 1. The highest BCUT2D eigenvalue weighted by molar-refractivity contribution is 6.08. The number of hydrogen-bond acceptors (Lipinski definition) is 7. The zero-order valence-corrected chi connectivity index (χ0v) is 22.2. The SMILES string of the molecule is Cc1cccc(Cn2ncc3c(NC(=O)c4cnc5cc(OCCN6CCN(C)CC6)ccn45)cccc32)n1. The molecule has 0 atom stereocenters. The molecule has 1 aliphatic heterocycles. The number of carbonyl (C=O) groups excluding carboxylic acids is 1. The number of aromatic nitrogens is 5. The van der Waals surface area contributed by atoms with E-state index < -0.39 is 0 Å². The van der Waals surface area contributed by atoms with Gasteiger partial charge in [-0.3, -0.25) is 23.8 Å². The van der Waals surface area contributed by atoms with E-state index in [4.69, 9.17) is 4.74 Å². The van der Waals surface area contributed by atoms with Crippen LogP contribution < -0.4 is 10.1 Å². The minimum Gasteiger partial charge on any atom is -0.492 e. The predicted octanol–water partition coefficient (Wildman–Crippen LogP) is 3.31. The minimum atomic E-state index is -0.244. The van der Waals surface area contributed by atoms with Gasteiger partial charge in [-0.05, 0) is 44.3 Å².